The van der Waals surface area contributed by atoms with Crippen molar-refractivity contribution in [1.82, 2.24) is 4.90 Å². The second-order valence-electron chi connectivity index (χ2n) is 6.57. The van der Waals surface area contributed by atoms with Crippen molar-refractivity contribution in [2.75, 3.05) is 24.6 Å². The van der Waals surface area contributed by atoms with E-state index in [0.717, 1.165) is 25.9 Å². The van der Waals surface area contributed by atoms with Gasteiger partial charge in [0.15, 0.2) is 0 Å². The monoisotopic (exact) mass is 472 g/mol. The summed E-state index contributed by atoms with van der Waals surface area (Å²) < 4.78 is 0. The number of amides is 1. The zero-order chi connectivity index (χ0) is 19.2. The minimum absolute atomic E-state index is 0.0485. The van der Waals surface area contributed by atoms with E-state index in [0.29, 0.717) is 0 Å². The number of fused-ring (bicyclic) bond motifs is 2. The molecule has 4 rings (SSSR count). The van der Waals surface area contributed by atoms with Gasteiger partial charge in [0.25, 0.3) is 0 Å². The number of piperidine rings is 1. The Balaban J connectivity index is 0.00000102. The van der Waals surface area contributed by atoms with Crippen molar-refractivity contribution >= 4 is 46.2 Å². The van der Waals surface area contributed by atoms with Gasteiger partial charge in [-0.3, -0.25) is 4.79 Å². The first-order valence-corrected chi connectivity index (χ1v) is 11.4. The summed E-state index contributed by atoms with van der Waals surface area (Å²) in [6.07, 6.45) is 6.22. The molecule has 3 nitrogen and oxygen atoms in total. The van der Waals surface area contributed by atoms with Crippen molar-refractivity contribution in [2.24, 2.45) is 5.73 Å². The highest BCUT2D eigenvalue weighted by molar-refractivity contribution is 14.1. The van der Waals surface area contributed by atoms with E-state index in [1.807, 2.05) is 9.83 Å². The zero-order valence-corrected chi connectivity index (χ0v) is 17.8. The van der Waals surface area contributed by atoms with Crippen LogP contribution in [0.1, 0.15) is 35.1 Å². The van der Waals surface area contributed by atoms with Crippen molar-refractivity contribution in [3.8, 4) is 0 Å². The number of carbonyl (C=O) groups is 1. The van der Waals surface area contributed by atoms with Gasteiger partial charge in [-0.15, -0.1) is 0 Å². The average molecular weight is 472 g/mol. The van der Waals surface area contributed by atoms with Crippen LogP contribution in [-0.4, -0.2) is 35.4 Å². The maximum Gasteiger partial charge on any atom is 0.236 e. The van der Waals surface area contributed by atoms with Crippen LogP contribution in [0.2, 0.25) is 0 Å². The Labute approximate surface area is 175 Å². The van der Waals surface area contributed by atoms with Gasteiger partial charge in [-0.05, 0) is 45.6 Å². The molecule has 2 N–H and O–H groups in total. The molecule has 2 aliphatic rings. The average Bonchev–Trinajstić information content (AvgIpc) is 2.92. The molecule has 0 bridgehead atoms. The Morgan fingerprint density at radius 2 is 1.41 bits per heavy atom. The summed E-state index contributed by atoms with van der Waals surface area (Å²) in [5, 5.41) is 0. The van der Waals surface area contributed by atoms with Crippen LogP contribution in [-0.2, 0) is 4.79 Å². The molecular weight excluding hydrogens is 447 g/mol. The lowest BCUT2D eigenvalue weighted by Gasteiger charge is -2.30. The fourth-order valence-corrected chi connectivity index (χ4v) is 3.85. The molecule has 2 aromatic rings. The molecule has 4 heteroatoms. The Kier molecular flexibility index (Phi) is 6.85. The second-order valence-corrected chi connectivity index (χ2v) is 6.57. The van der Waals surface area contributed by atoms with Gasteiger partial charge in [0.2, 0.25) is 5.91 Å². The number of hydrogen-bond donors (Lipinski definition) is 1. The van der Waals surface area contributed by atoms with E-state index < -0.39 is 0 Å². The molecule has 1 aliphatic heterocycles. The van der Waals surface area contributed by atoms with Gasteiger partial charge in [-0.2, -0.15) is 0 Å². The van der Waals surface area contributed by atoms with E-state index in [9.17, 15) is 4.79 Å². The fraction of sp³-hybridized carbons (Fsp3) is 0.261. The summed E-state index contributed by atoms with van der Waals surface area (Å²) in [5.74, 6) is 0.0485. The summed E-state index contributed by atoms with van der Waals surface area (Å²) in [4.78, 5) is 15.7. The van der Waals surface area contributed by atoms with Crippen LogP contribution in [0.3, 0.4) is 0 Å². The number of nitrogens with zero attached hydrogens (tertiary/aromatic N) is 1. The summed E-state index contributed by atoms with van der Waals surface area (Å²) >= 11 is 2.15. The number of nitrogens with two attached hydrogens (primary N) is 1. The van der Waals surface area contributed by atoms with Crippen molar-refractivity contribution in [3.05, 3.63) is 76.4 Å². The quantitative estimate of drug-likeness (QED) is 0.416. The fourth-order valence-electron chi connectivity index (χ4n) is 3.85. The van der Waals surface area contributed by atoms with E-state index in [4.69, 9.17) is 5.73 Å². The van der Waals surface area contributed by atoms with Gasteiger partial charge < -0.3 is 10.6 Å². The van der Waals surface area contributed by atoms with Gasteiger partial charge >= 0.3 is 0 Å². The number of alkyl halides is 1. The SMILES string of the molecule is CI.NCC(=O)N1CCC(=C2c3ccccc3C=Cc3ccccc32)CC1. The van der Waals surface area contributed by atoms with E-state index in [2.05, 4.69) is 83.3 Å². The van der Waals surface area contributed by atoms with Gasteiger partial charge in [0.1, 0.15) is 0 Å². The third-order valence-corrected chi connectivity index (χ3v) is 5.15. The van der Waals surface area contributed by atoms with Crippen LogP contribution in [0.5, 0.6) is 0 Å². The van der Waals surface area contributed by atoms with Crippen molar-refractivity contribution < 1.29 is 4.79 Å². The molecule has 27 heavy (non-hydrogen) atoms. The topological polar surface area (TPSA) is 46.3 Å². The van der Waals surface area contributed by atoms with Crippen LogP contribution in [0.25, 0.3) is 17.7 Å². The highest BCUT2D eigenvalue weighted by atomic mass is 127. The number of benzene rings is 2. The highest BCUT2D eigenvalue weighted by Gasteiger charge is 2.23. The maximum absolute atomic E-state index is 11.9. The van der Waals surface area contributed by atoms with E-state index in [-0.39, 0.29) is 12.5 Å². The minimum Gasteiger partial charge on any atom is -0.341 e. The first kappa shape index (κ1) is 19.8. The number of likely N-dealkylation sites (tertiary alicyclic amines) is 1. The van der Waals surface area contributed by atoms with Crippen molar-refractivity contribution in [1.29, 1.82) is 0 Å². The van der Waals surface area contributed by atoms with Crippen LogP contribution in [0, 0.1) is 0 Å². The predicted octanol–water partition coefficient (Wildman–Crippen LogP) is 4.60. The minimum atomic E-state index is 0.0485. The first-order chi connectivity index (χ1) is 13.3. The Bertz CT molecular complexity index is 824. The summed E-state index contributed by atoms with van der Waals surface area (Å²) in [7, 11) is 0. The van der Waals surface area contributed by atoms with Crippen LogP contribution < -0.4 is 5.73 Å². The second kappa shape index (κ2) is 9.33. The van der Waals surface area contributed by atoms with E-state index in [1.165, 1.54) is 33.4 Å². The molecule has 0 saturated carbocycles. The number of carbonyl (C=O) groups excluding carboxylic acids is 1. The molecular formula is C23H25IN2O. The van der Waals surface area contributed by atoms with E-state index in [1.54, 1.807) is 0 Å². The van der Waals surface area contributed by atoms with Crippen molar-refractivity contribution in [3.63, 3.8) is 0 Å². The van der Waals surface area contributed by atoms with Gasteiger partial charge in [-0.25, -0.2) is 0 Å². The first-order valence-electron chi connectivity index (χ1n) is 9.22. The smallest absolute Gasteiger partial charge is 0.236 e. The number of hydrogen-bond acceptors (Lipinski definition) is 2. The molecule has 1 heterocycles. The molecule has 1 amide bonds. The molecule has 1 saturated heterocycles. The normalized spacial score (nSPS) is 15.3. The Morgan fingerprint density at radius 3 is 1.89 bits per heavy atom. The molecule has 0 unspecified atom stereocenters. The lowest BCUT2D eigenvalue weighted by molar-refractivity contribution is -0.130. The Morgan fingerprint density at radius 1 is 0.926 bits per heavy atom. The molecule has 140 valence electrons. The highest BCUT2D eigenvalue weighted by Crippen LogP contribution is 2.38. The summed E-state index contributed by atoms with van der Waals surface area (Å²) in [6.45, 7) is 1.61. The van der Waals surface area contributed by atoms with E-state index >= 15 is 0 Å². The van der Waals surface area contributed by atoms with Crippen LogP contribution >= 0.6 is 22.6 Å². The Hall–Kier alpha value is -1.92. The molecule has 2 aromatic carbocycles. The van der Waals surface area contributed by atoms with Gasteiger partial charge in [0.05, 0.1) is 6.54 Å². The molecule has 0 spiro atoms. The molecule has 1 fully saturated rings. The predicted molar refractivity (Wildman–Crippen MR) is 123 cm³/mol. The lowest BCUT2D eigenvalue weighted by atomic mass is 9.86. The largest absolute Gasteiger partial charge is 0.341 e. The van der Waals surface area contributed by atoms with Crippen molar-refractivity contribution in [2.45, 2.75) is 12.8 Å². The maximum atomic E-state index is 11.9. The van der Waals surface area contributed by atoms with Gasteiger partial charge in [-0.1, -0.05) is 88.8 Å². The number of halogens is 1. The standard InChI is InChI=1S/C22H22N2O.CH3I/c23-15-21(25)24-13-11-18(12-14-24)22-19-7-3-1-5-16(19)9-10-17-6-2-4-8-20(17)22;1-2/h1-10H,11-15,23H2;1H3. The molecule has 1 aliphatic carbocycles. The van der Waals surface area contributed by atoms with Gasteiger partial charge in [0, 0.05) is 13.1 Å². The third kappa shape index (κ3) is 4.17. The molecule has 0 aromatic heterocycles. The lowest BCUT2D eigenvalue weighted by Crippen LogP contribution is -2.40. The summed E-state index contributed by atoms with van der Waals surface area (Å²) in [6, 6.07) is 17.1. The zero-order valence-electron chi connectivity index (χ0n) is 15.6. The molecule has 0 atom stereocenters. The number of rotatable bonds is 1. The van der Waals surface area contributed by atoms with Crippen LogP contribution in [0.4, 0.5) is 0 Å². The van der Waals surface area contributed by atoms with Crippen LogP contribution in [0.15, 0.2) is 54.1 Å². The molecule has 0 radical (unpaired) electrons. The third-order valence-electron chi connectivity index (χ3n) is 5.15. The summed E-state index contributed by atoms with van der Waals surface area (Å²) in [5.41, 5.74) is 13.4.